The van der Waals surface area contributed by atoms with E-state index in [1.165, 1.54) is 9.80 Å². The van der Waals surface area contributed by atoms with Crippen molar-refractivity contribution in [1.29, 1.82) is 0 Å². The Morgan fingerprint density at radius 3 is 0.566 bits per heavy atom. The molecule has 13 rings (SSSR count). The zero-order chi connectivity index (χ0) is 80.8. The van der Waals surface area contributed by atoms with Gasteiger partial charge >= 0.3 is 0 Å². The average molecular weight is 1960 g/mol. The van der Waals surface area contributed by atoms with Crippen LogP contribution in [0.4, 0.5) is 11.4 Å². The number of benzene rings is 11. The smallest absolute Gasteiger partial charge is 0.266 e. The first-order valence-electron chi connectivity index (χ1n) is 39.6. The number of rotatable bonds is 38. The van der Waals surface area contributed by atoms with Crippen LogP contribution in [0.2, 0.25) is 0 Å². The molecule has 122 heavy (non-hydrogen) atoms. The van der Waals surface area contributed by atoms with Gasteiger partial charge in [0.1, 0.15) is 0 Å². The molecule has 0 fully saturated rings. The zero-order valence-corrected chi connectivity index (χ0v) is 82.7. The molecule has 11 aromatic rings. The molecule has 30 heteroatoms. The molecular formula is C92H114Cl8N10O4S8. The molecular weight excluding hydrogens is 1850 g/mol. The summed E-state index contributed by atoms with van der Waals surface area (Å²) in [4.78, 5) is 71.4. The van der Waals surface area contributed by atoms with E-state index < -0.39 is 23.6 Å². The normalized spacial score (nSPS) is 12.5. The number of hydrogen-bond donors (Lipinski definition) is 8. The van der Waals surface area contributed by atoms with Crippen LogP contribution in [0, 0.1) is 0 Å². The zero-order valence-electron chi connectivity index (χ0n) is 69.6. The van der Waals surface area contributed by atoms with Gasteiger partial charge in [0.05, 0.1) is 29.7 Å². The summed E-state index contributed by atoms with van der Waals surface area (Å²) in [5.41, 5.74) is 66.6. The quantitative estimate of drug-likeness (QED) is 0.00772. The van der Waals surface area contributed by atoms with Crippen LogP contribution >= 0.6 is 193 Å². The Balaban J connectivity index is 0.00000331. The second-order valence-electron chi connectivity index (χ2n) is 30.1. The summed E-state index contributed by atoms with van der Waals surface area (Å²) in [5, 5.41) is 5.50. The Kier molecular flexibility index (Phi) is 44.0. The number of halogens is 8. The second kappa shape index (κ2) is 49.5. The summed E-state index contributed by atoms with van der Waals surface area (Å²) in [5.74, 6) is 3.90. The number of thioether (sulfide) groups is 8. The highest BCUT2D eigenvalue weighted by Gasteiger charge is 2.44. The number of nitrogens with two attached hydrogens (primary N) is 8. The Labute approximate surface area is 803 Å². The number of para-hydroxylation sites is 2. The molecule has 2 aliphatic heterocycles. The van der Waals surface area contributed by atoms with Gasteiger partial charge in [-0.15, -0.1) is 193 Å². The molecule has 16 N–H and O–H groups in total. The molecule has 14 nitrogen and oxygen atoms in total. The summed E-state index contributed by atoms with van der Waals surface area (Å²) in [6, 6.07) is 55.3. The van der Waals surface area contributed by atoms with Crippen molar-refractivity contribution in [3.05, 3.63) is 224 Å². The number of nitrogens with zero attached hydrogens (tertiary/aromatic N) is 2. The van der Waals surface area contributed by atoms with E-state index in [1.54, 1.807) is 94.1 Å². The van der Waals surface area contributed by atoms with Gasteiger partial charge in [-0.25, -0.2) is 9.80 Å². The first kappa shape index (κ1) is 108. The van der Waals surface area contributed by atoms with Gasteiger partial charge in [0.15, 0.2) is 0 Å². The highest BCUT2D eigenvalue weighted by molar-refractivity contribution is 8.17. The highest BCUT2D eigenvalue weighted by atomic mass is 35.5. The number of anilines is 2. The maximum atomic E-state index is 17.1. The molecule has 2 heterocycles. The standard InChI is InChI=1S/C92H106N10O4S8.8ClH/c1-51(2)63-11-9-12-64(52(3)4)83(63)101-85(103)71-47-67(55-15-23-59(24-16-55)89(107-39-31-93)108-40-32-94)77-79-69(57-19-27-61(28-20-57)91(111-43-35-97)112-44-36-98)49-73-76-74(88(106)102(87(73)105)84-65(53(5)6)13-10-14-66(84)54(7)8)50-70(58-21-29-62(30-22-58)92(113-45-37-99)114-46-38-100)80(82(76)79)78-68(48-72(86(101)104)75(71)81(77)78)56-17-25-60(26-18-56)90(109-41-33-95)110-42-34-96;;;;;;;;/h9-30,47-54,89-92H,31-46,93-100H2,1-8H3;8*1H. The van der Waals surface area contributed by atoms with Crippen molar-refractivity contribution >= 4 is 271 Å². The van der Waals surface area contributed by atoms with E-state index in [4.69, 9.17) is 45.9 Å². The highest BCUT2D eigenvalue weighted by Crippen LogP contribution is 2.59. The van der Waals surface area contributed by atoms with E-state index in [2.05, 4.69) is 152 Å². The first-order valence-corrected chi connectivity index (χ1v) is 48.0. The maximum Gasteiger partial charge on any atom is 0.266 e. The number of hydrogen-bond acceptors (Lipinski definition) is 20. The van der Waals surface area contributed by atoms with Gasteiger partial charge in [-0.05, 0) is 158 Å². The fourth-order valence-corrected chi connectivity index (χ4v) is 25.6. The number of carbonyl (C=O) groups is 4. The van der Waals surface area contributed by atoms with Crippen molar-refractivity contribution in [2.75, 3.05) is 108 Å². The van der Waals surface area contributed by atoms with Crippen LogP contribution in [0.25, 0.3) is 87.6 Å². The van der Waals surface area contributed by atoms with E-state index in [-0.39, 0.29) is 141 Å². The van der Waals surface area contributed by atoms with Crippen LogP contribution in [0.1, 0.15) is 183 Å². The van der Waals surface area contributed by atoms with Gasteiger partial charge in [0.25, 0.3) is 23.6 Å². The van der Waals surface area contributed by atoms with Crippen LogP contribution in [0.5, 0.6) is 0 Å². The second-order valence-corrected chi connectivity index (χ2v) is 41.0. The minimum Gasteiger partial charge on any atom is -0.330 e. The van der Waals surface area contributed by atoms with E-state index in [1.807, 2.05) is 60.7 Å². The van der Waals surface area contributed by atoms with E-state index in [0.29, 0.717) is 108 Å². The summed E-state index contributed by atoms with van der Waals surface area (Å²) >= 11 is 14.3. The van der Waals surface area contributed by atoms with Crippen molar-refractivity contribution in [3.8, 4) is 44.5 Å². The van der Waals surface area contributed by atoms with Gasteiger partial charge in [-0.2, -0.15) is 0 Å². The lowest BCUT2D eigenvalue weighted by atomic mass is 9.74. The number of imide groups is 2. The van der Waals surface area contributed by atoms with Crippen molar-refractivity contribution in [1.82, 2.24) is 0 Å². The van der Waals surface area contributed by atoms with Crippen molar-refractivity contribution in [2.24, 2.45) is 45.9 Å². The van der Waals surface area contributed by atoms with E-state index in [0.717, 1.165) is 157 Å². The maximum absolute atomic E-state index is 17.1. The minimum absolute atomic E-state index is 0. The summed E-state index contributed by atoms with van der Waals surface area (Å²) < 4.78 is 0.0652. The third-order valence-electron chi connectivity index (χ3n) is 21.2. The van der Waals surface area contributed by atoms with Gasteiger partial charge < -0.3 is 45.9 Å². The lowest BCUT2D eigenvalue weighted by molar-refractivity contribution is 0.0877. The predicted octanol–water partition coefficient (Wildman–Crippen LogP) is 23.4. The molecule has 0 saturated heterocycles. The van der Waals surface area contributed by atoms with E-state index >= 15 is 19.2 Å². The summed E-state index contributed by atoms with van der Waals surface area (Å²) in [6.07, 6.45) is 0. The Hall–Kier alpha value is -4.20. The van der Waals surface area contributed by atoms with Crippen molar-refractivity contribution in [3.63, 3.8) is 0 Å². The predicted molar refractivity (Wildman–Crippen MR) is 562 cm³/mol. The van der Waals surface area contributed by atoms with Gasteiger partial charge in [0, 0.05) is 142 Å². The Morgan fingerprint density at radius 2 is 0.410 bits per heavy atom. The van der Waals surface area contributed by atoms with Crippen LogP contribution in [0.15, 0.2) is 158 Å². The third kappa shape index (κ3) is 21.9. The van der Waals surface area contributed by atoms with Crippen LogP contribution in [-0.4, -0.2) is 122 Å². The topological polar surface area (TPSA) is 283 Å². The molecule has 0 aliphatic carbocycles. The average Bonchev–Trinajstić information content (AvgIpc) is 0.664. The molecule has 0 spiro atoms. The number of carbonyl (C=O) groups excluding carboxylic acids is 4. The molecule has 0 saturated carbocycles. The molecule has 4 amide bonds. The Morgan fingerprint density at radius 1 is 0.238 bits per heavy atom. The lowest BCUT2D eigenvalue weighted by Crippen LogP contribution is -2.42. The fraction of sp³-hybridized carbons (Fsp3) is 0.348. The van der Waals surface area contributed by atoms with Gasteiger partial charge in [-0.3, -0.25) is 19.2 Å². The Bertz CT molecular complexity index is 4690. The molecule has 2 aliphatic rings. The number of fused-ring (bicyclic) bond motifs is 2. The fourth-order valence-electron chi connectivity index (χ4n) is 16.2. The van der Waals surface area contributed by atoms with Crippen LogP contribution in [-0.2, 0) is 0 Å². The molecule has 0 atom stereocenters. The molecule has 0 bridgehead atoms. The van der Waals surface area contributed by atoms with Gasteiger partial charge in [-0.1, -0.05) is 189 Å². The molecule has 0 aromatic heterocycles. The summed E-state index contributed by atoms with van der Waals surface area (Å²) in [6.45, 7) is 21.0. The first-order chi connectivity index (χ1) is 55.3. The van der Waals surface area contributed by atoms with Crippen LogP contribution < -0.4 is 55.7 Å². The molecule has 660 valence electrons. The summed E-state index contributed by atoms with van der Waals surface area (Å²) in [7, 11) is 0. The SMILES string of the molecule is CC(C)c1cccc(C(C)C)c1N1C(=O)c2cc(-c3ccc(C(SCCN)SCCN)cc3)c3c4c(-c5ccc(C(SCCN)SCCN)cc5)cc5c6c(cc(-c7ccc(C(SCCN)SCCN)cc7)c(c7c(-c8ccc(C(SCCN)SCCN)cc8)cc(c2c37)C1=O)c64)C(=O)N(c1c(C(C)C)cccc1C(C)C)C5=O.Cl.Cl.Cl.Cl.Cl.Cl.Cl.Cl. The third-order valence-corrected chi connectivity index (χ3v) is 32.9. The lowest BCUT2D eigenvalue weighted by Gasteiger charge is -2.35. The monoisotopic (exact) mass is 1960 g/mol. The largest absolute Gasteiger partial charge is 0.330 e. The molecule has 0 unspecified atom stereocenters. The number of amides is 4. The minimum atomic E-state index is -0.437. The van der Waals surface area contributed by atoms with Crippen molar-refractivity contribution in [2.45, 2.75) is 97.4 Å². The molecule has 11 aromatic carbocycles. The van der Waals surface area contributed by atoms with Crippen molar-refractivity contribution < 1.29 is 19.2 Å². The van der Waals surface area contributed by atoms with Crippen LogP contribution in [0.3, 0.4) is 0 Å². The molecule has 0 radical (unpaired) electrons. The van der Waals surface area contributed by atoms with Gasteiger partial charge in [0.2, 0.25) is 0 Å². The van der Waals surface area contributed by atoms with E-state index in [9.17, 15) is 0 Å².